The lowest BCUT2D eigenvalue weighted by Crippen LogP contribution is -2.16. The molecule has 0 amide bonds. The topological polar surface area (TPSA) is 35.9 Å². The van der Waals surface area contributed by atoms with Gasteiger partial charge in [0.15, 0.2) is 0 Å². The highest BCUT2D eigenvalue weighted by molar-refractivity contribution is 6.05. The lowest BCUT2D eigenvalue weighted by Gasteiger charge is -2.17. The van der Waals surface area contributed by atoms with Gasteiger partial charge in [-0.15, -0.1) is 0 Å². The summed E-state index contributed by atoms with van der Waals surface area (Å²) >= 11 is 0. The zero-order valence-corrected chi connectivity index (χ0v) is 11.0. The van der Waals surface area contributed by atoms with Crippen molar-refractivity contribution in [1.82, 2.24) is 0 Å². The SMILES string of the molecule is CC[C@@H](C)Nc1ccc(C)cc1C(=N)C1CC1. The van der Waals surface area contributed by atoms with Crippen molar-refractivity contribution in [2.24, 2.45) is 5.92 Å². The van der Waals surface area contributed by atoms with Gasteiger partial charge < -0.3 is 10.7 Å². The quantitative estimate of drug-likeness (QED) is 0.737. The van der Waals surface area contributed by atoms with E-state index in [-0.39, 0.29) is 0 Å². The van der Waals surface area contributed by atoms with Crippen molar-refractivity contribution in [3.05, 3.63) is 29.3 Å². The molecule has 92 valence electrons. The van der Waals surface area contributed by atoms with Gasteiger partial charge in [0.05, 0.1) is 0 Å². The molecule has 1 saturated carbocycles. The Morgan fingerprint density at radius 2 is 2.18 bits per heavy atom. The number of benzene rings is 1. The van der Waals surface area contributed by atoms with E-state index in [0.29, 0.717) is 12.0 Å². The summed E-state index contributed by atoms with van der Waals surface area (Å²) in [5.41, 5.74) is 4.29. The Labute approximate surface area is 104 Å². The van der Waals surface area contributed by atoms with Crippen LogP contribution in [0, 0.1) is 18.3 Å². The monoisotopic (exact) mass is 230 g/mol. The highest BCUT2D eigenvalue weighted by Gasteiger charge is 2.28. The van der Waals surface area contributed by atoms with Crippen LogP contribution in [0.15, 0.2) is 18.2 Å². The van der Waals surface area contributed by atoms with Gasteiger partial charge in [-0.3, -0.25) is 0 Å². The van der Waals surface area contributed by atoms with Gasteiger partial charge >= 0.3 is 0 Å². The van der Waals surface area contributed by atoms with Gasteiger partial charge in [0, 0.05) is 28.9 Å². The fraction of sp³-hybridized carbons (Fsp3) is 0.533. The first-order chi connectivity index (χ1) is 8.11. The molecule has 0 heterocycles. The first-order valence-corrected chi connectivity index (χ1v) is 6.57. The van der Waals surface area contributed by atoms with E-state index in [0.717, 1.165) is 23.4 Å². The molecule has 0 saturated heterocycles. The van der Waals surface area contributed by atoms with Gasteiger partial charge in [-0.2, -0.15) is 0 Å². The molecule has 2 heteroatoms. The normalized spacial score (nSPS) is 16.6. The summed E-state index contributed by atoms with van der Waals surface area (Å²) in [6.45, 7) is 6.46. The van der Waals surface area contributed by atoms with Crippen LogP contribution in [0.2, 0.25) is 0 Å². The van der Waals surface area contributed by atoms with E-state index < -0.39 is 0 Å². The van der Waals surface area contributed by atoms with Crippen LogP contribution in [0.4, 0.5) is 5.69 Å². The molecule has 1 aromatic carbocycles. The highest BCUT2D eigenvalue weighted by Crippen LogP contribution is 2.35. The number of hydrogen-bond donors (Lipinski definition) is 2. The second-order valence-corrected chi connectivity index (χ2v) is 5.19. The first-order valence-electron chi connectivity index (χ1n) is 6.57. The Bertz CT molecular complexity index is 419. The van der Waals surface area contributed by atoms with E-state index in [1.807, 2.05) is 0 Å². The molecule has 0 unspecified atom stereocenters. The predicted octanol–water partition coefficient (Wildman–Crippen LogP) is 3.98. The van der Waals surface area contributed by atoms with Gasteiger partial charge in [0.1, 0.15) is 0 Å². The van der Waals surface area contributed by atoms with Crippen molar-refractivity contribution in [3.8, 4) is 0 Å². The van der Waals surface area contributed by atoms with Gasteiger partial charge in [0.25, 0.3) is 0 Å². The Morgan fingerprint density at radius 1 is 1.47 bits per heavy atom. The highest BCUT2D eigenvalue weighted by atomic mass is 14.9. The molecule has 2 rings (SSSR count). The smallest absolute Gasteiger partial charge is 0.0437 e. The maximum Gasteiger partial charge on any atom is 0.0437 e. The molecule has 0 aromatic heterocycles. The summed E-state index contributed by atoms with van der Waals surface area (Å²) in [5, 5.41) is 11.8. The number of aryl methyl sites for hydroxylation is 1. The standard InChI is InChI=1S/C15H22N2/c1-4-11(3)17-14-8-5-10(2)9-13(14)15(16)12-6-7-12/h5,8-9,11-12,16-17H,4,6-7H2,1-3H3/t11-/m1/s1. The van der Waals surface area contributed by atoms with Crippen LogP contribution in [-0.2, 0) is 0 Å². The molecule has 17 heavy (non-hydrogen) atoms. The van der Waals surface area contributed by atoms with Crippen molar-refractivity contribution in [3.63, 3.8) is 0 Å². The van der Waals surface area contributed by atoms with Crippen LogP contribution >= 0.6 is 0 Å². The summed E-state index contributed by atoms with van der Waals surface area (Å²) < 4.78 is 0. The third-order valence-corrected chi connectivity index (χ3v) is 3.47. The Morgan fingerprint density at radius 3 is 2.76 bits per heavy atom. The average Bonchev–Trinajstić information content (AvgIpc) is 3.14. The van der Waals surface area contributed by atoms with Crippen LogP contribution in [0.25, 0.3) is 0 Å². The third-order valence-electron chi connectivity index (χ3n) is 3.47. The van der Waals surface area contributed by atoms with Crippen LogP contribution in [0.1, 0.15) is 44.2 Å². The summed E-state index contributed by atoms with van der Waals surface area (Å²) in [5.74, 6) is 0.509. The van der Waals surface area contributed by atoms with Crippen molar-refractivity contribution in [1.29, 1.82) is 5.41 Å². The van der Waals surface area contributed by atoms with E-state index in [1.165, 1.54) is 18.4 Å². The minimum atomic E-state index is 0.462. The molecule has 1 fully saturated rings. The Hall–Kier alpha value is -1.31. The van der Waals surface area contributed by atoms with Crippen molar-refractivity contribution in [2.75, 3.05) is 5.32 Å². The van der Waals surface area contributed by atoms with Crippen LogP contribution < -0.4 is 5.32 Å². The Kier molecular flexibility index (Phi) is 3.51. The molecular formula is C15H22N2. The molecule has 0 radical (unpaired) electrons. The van der Waals surface area contributed by atoms with Crippen LogP contribution in [0.5, 0.6) is 0 Å². The number of anilines is 1. The lowest BCUT2D eigenvalue weighted by molar-refractivity contribution is 0.763. The number of hydrogen-bond acceptors (Lipinski definition) is 2. The minimum Gasteiger partial charge on any atom is -0.382 e. The van der Waals surface area contributed by atoms with Crippen molar-refractivity contribution in [2.45, 2.75) is 46.1 Å². The lowest BCUT2D eigenvalue weighted by atomic mass is 10.0. The Balaban J connectivity index is 2.26. The maximum atomic E-state index is 8.25. The molecule has 0 aliphatic heterocycles. The molecule has 2 nitrogen and oxygen atoms in total. The number of rotatable bonds is 5. The van der Waals surface area contributed by atoms with Crippen LogP contribution in [0.3, 0.4) is 0 Å². The van der Waals surface area contributed by atoms with Gasteiger partial charge in [-0.05, 0) is 45.2 Å². The van der Waals surface area contributed by atoms with Gasteiger partial charge in [0.2, 0.25) is 0 Å². The fourth-order valence-electron chi connectivity index (χ4n) is 1.97. The largest absolute Gasteiger partial charge is 0.382 e. The van der Waals surface area contributed by atoms with Crippen molar-refractivity contribution >= 4 is 11.4 Å². The summed E-state index contributed by atoms with van der Waals surface area (Å²) in [6, 6.07) is 6.84. The molecule has 1 aliphatic carbocycles. The molecular weight excluding hydrogens is 208 g/mol. The second-order valence-electron chi connectivity index (χ2n) is 5.19. The van der Waals surface area contributed by atoms with E-state index in [2.05, 4.69) is 44.3 Å². The zero-order valence-electron chi connectivity index (χ0n) is 11.0. The van der Waals surface area contributed by atoms with E-state index in [4.69, 9.17) is 5.41 Å². The summed E-state index contributed by atoms with van der Waals surface area (Å²) in [6.07, 6.45) is 3.48. The molecule has 1 aliphatic rings. The molecule has 1 aromatic rings. The average molecular weight is 230 g/mol. The number of nitrogens with one attached hydrogen (secondary N) is 2. The summed E-state index contributed by atoms with van der Waals surface area (Å²) in [4.78, 5) is 0. The fourth-order valence-corrected chi connectivity index (χ4v) is 1.97. The maximum absolute atomic E-state index is 8.25. The third kappa shape index (κ3) is 2.87. The van der Waals surface area contributed by atoms with Gasteiger partial charge in [-0.25, -0.2) is 0 Å². The van der Waals surface area contributed by atoms with Crippen LogP contribution in [-0.4, -0.2) is 11.8 Å². The van der Waals surface area contributed by atoms with E-state index in [9.17, 15) is 0 Å². The van der Waals surface area contributed by atoms with E-state index >= 15 is 0 Å². The molecule has 0 bridgehead atoms. The first kappa shape index (κ1) is 12.2. The minimum absolute atomic E-state index is 0.462. The zero-order chi connectivity index (χ0) is 12.4. The van der Waals surface area contributed by atoms with Gasteiger partial charge in [-0.1, -0.05) is 18.6 Å². The second kappa shape index (κ2) is 4.91. The summed E-state index contributed by atoms with van der Waals surface area (Å²) in [7, 11) is 0. The molecule has 2 N–H and O–H groups in total. The van der Waals surface area contributed by atoms with E-state index in [1.54, 1.807) is 0 Å². The molecule has 0 spiro atoms. The van der Waals surface area contributed by atoms with Crippen molar-refractivity contribution < 1.29 is 0 Å². The molecule has 1 atom stereocenters. The predicted molar refractivity (Wildman–Crippen MR) is 74.1 cm³/mol.